The Kier molecular flexibility index (Phi) is 49.7. The van der Waals surface area contributed by atoms with Crippen LogP contribution in [-0.2, 0) is 18.4 Å². The second kappa shape index (κ2) is 50.7. The van der Waals surface area contributed by atoms with Crippen molar-refractivity contribution in [3.05, 3.63) is 36.5 Å². The Morgan fingerprint density at radius 1 is 0.515 bits per heavy atom. The third-order valence-corrected chi connectivity index (χ3v) is 14.3. The van der Waals surface area contributed by atoms with Crippen molar-refractivity contribution in [2.45, 2.75) is 296 Å². The van der Waals surface area contributed by atoms with Crippen molar-refractivity contribution in [3.63, 3.8) is 0 Å². The molecule has 0 aromatic carbocycles. The van der Waals surface area contributed by atoms with Gasteiger partial charge >= 0.3 is 0 Å². The summed E-state index contributed by atoms with van der Waals surface area (Å²) in [4.78, 5) is 25.2. The van der Waals surface area contributed by atoms with Gasteiger partial charge in [0.25, 0.3) is 7.82 Å². The number of quaternary nitrogens is 1. The van der Waals surface area contributed by atoms with Gasteiger partial charge in [0.15, 0.2) is 0 Å². The number of hydrogen-bond donors (Lipinski definition) is 2. The summed E-state index contributed by atoms with van der Waals surface area (Å²) in [6, 6.07) is -0.880. The summed E-state index contributed by atoms with van der Waals surface area (Å²) in [5.74, 6) is -0.200. The molecule has 0 aliphatic carbocycles. The maximum Gasteiger partial charge on any atom is 0.268 e. The van der Waals surface area contributed by atoms with Crippen molar-refractivity contribution in [1.82, 2.24) is 5.32 Å². The zero-order chi connectivity index (χ0) is 49.9. The standard InChI is InChI=1S/C59H115N2O6P/c1-6-8-10-12-13-14-15-16-17-18-19-20-21-22-23-24-25-26-27-28-29-30-31-32-33-34-35-36-37-38-39-40-41-42-43-44-45-46-47-49-51-53-59(63)60-57(58(62)52-50-48-11-9-7-2)56-67-68(64,65)66-55-54-61(3,4)5/h15-16,18-19,50,52,57-58,62H,6-14,17,20-49,51,53-56H2,1-5H3,(H-,60,63,64,65)/b16-15-,19-18-,52-50+. The van der Waals surface area contributed by atoms with Crippen LogP contribution in [0.2, 0.25) is 0 Å². The van der Waals surface area contributed by atoms with E-state index in [1.54, 1.807) is 6.08 Å². The quantitative estimate of drug-likeness (QED) is 0.0272. The molecule has 0 aromatic heterocycles. The zero-order valence-electron chi connectivity index (χ0n) is 45.8. The first-order valence-electron chi connectivity index (χ1n) is 29.4. The lowest BCUT2D eigenvalue weighted by atomic mass is 10.0. The Morgan fingerprint density at radius 3 is 1.25 bits per heavy atom. The number of hydrogen-bond acceptors (Lipinski definition) is 6. The number of carbonyl (C=O) groups is 1. The highest BCUT2D eigenvalue weighted by Gasteiger charge is 2.23. The number of aliphatic hydroxyl groups excluding tert-OH is 1. The molecule has 0 radical (unpaired) electrons. The van der Waals surface area contributed by atoms with Gasteiger partial charge in [-0.15, -0.1) is 0 Å². The molecule has 0 aliphatic rings. The molecule has 0 saturated heterocycles. The lowest BCUT2D eigenvalue weighted by molar-refractivity contribution is -0.870. The molecule has 8 nitrogen and oxygen atoms in total. The minimum absolute atomic E-state index is 0.000152. The fraction of sp³-hybridized carbons (Fsp3) is 0.881. The number of carbonyl (C=O) groups excluding carboxylic acids is 1. The highest BCUT2D eigenvalue weighted by Crippen LogP contribution is 2.38. The van der Waals surface area contributed by atoms with E-state index in [4.69, 9.17) is 9.05 Å². The molecule has 0 aliphatic heterocycles. The Bertz CT molecular complexity index is 1200. The first-order chi connectivity index (χ1) is 33.0. The average Bonchev–Trinajstić information content (AvgIpc) is 3.30. The number of phosphoric ester groups is 1. The van der Waals surface area contributed by atoms with Crippen LogP contribution in [0.1, 0.15) is 284 Å². The van der Waals surface area contributed by atoms with Crippen LogP contribution in [0.5, 0.6) is 0 Å². The van der Waals surface area contributed by atoms with Crippen LogP contribution in [0, 0.1) is 0 Å². The van der Waals surface area contributed by atoms with Crippen molar-refractivity contribution in [1.29, 1.82) is 0 Å². The number of amides is 1. The van der Waals surface area contributed by atoms with Crippen LogP contribution >= 0.6 is 7.82 Å². The Labute approximate surface area is 423 Å². The topological polar surface area (TPSA) is 108 Å². The van der Waals surface area contributed by atoms with Gasteiger partial charge in [0.05, 0.1) is 39.9 Å². The van der Waals surface area contributed by atoms with E-state index >= 15 is 0 Å². The van der Waals surface area contributed by atoms with Gasteiger partial charge in [0.2, 0.25) is 5.91 Å². The van der Waals surface area contributed by atoms with Gasteiger partial charge in [-0.3, -0.25) is 9.36 Å². The monoisotopic (exact) mass is 979 g/mol. The normalized spacial score (nSPS) is 14.2. The maximum atomic E-state index is 12.8. The van der Waals surface area contributed by atoms with Gasteiger partial charge in [-0.2, -0.15) is 0 Å². The summed E-state index contributed by atoms with van der Waals surface area (Å²) in [5, 5.41) is 13.6. The molecule has 1 amide bonds. The smallest absolute Gasteiger partial charge is 0.268 e. The van der Waals surface area contributed by atoms with Crippen molar-refractivity contribution in [2.75, 3.05) is 40.9 Å². The van der Waals surface area contributed by atoms with E-state index in [1.165, 1.54) is 212 Å². The summed E-state index contributed by atoms with van der Waals surface area (Å²) >= 11 is 0. The highest BCUT2D eigenvalue weighted by molar-refractivity contribution is 7.45. The second-order valence-corrected chi connectivity index (χ2v) is 22.8. The molecule has 0 bridgehead atoms. The predicted octanol–water partition coefficient (Wildman–Crippen LogP) is 17.1. The van der Waals surface area contributed by atoms with Crippen molar-refractivity contribution in [3.8, 4) is 0 Å². The SMILES string of the molecule is CCCCC/C=C/C(O)C(COP(=O)([O-])OCC[N+](C)(C)C)NC(=O)CCCCCCCCCCCCCCCCCCCCCCCCCCCCCCC/C=C\C/C=C\CCCCCCC. The molecule has 3 atom stereocenters. The van der Waals surface area contributed by atoms with E-state index in [0.717, 1.165) is 51.4 Å². The Morgan fingerprint density at radius 2 is 0.853 bits per heavy atom. The molecule has 0 saturated carbocycles. The minimum atomic E-state index is -4.57. The van der Waals surface area contributed by atoms with Crippen molar-refractivity contribution < 1.29 is 32.9 Å². The summed E-state index contributed by atoms with van der Waals surface area (Å²) < 4.78 is 23.1. The van der Waals surface area contributed by atoms with Gasteiger partial charge in [-0.05, 0) is 51.4 Å². The summed E-state index contributed by atoms with van der Waals surface area (Å²) in [6.07, 6.45) is 66.1. The van der Waals surface area contributed by atoms with Crippen molar-refractivity contribution >= 4 is 13.7 Å². The molecule has 0 rings (SSSR count). The molecular formula is C59H115N2O6P. The number of unbranched alkanes of at least 4 members (excludes halogenated alkanes) is 37. The summed E-state index contributed by atoms with van der Waals surface area (Å²) in [6.45, 7) is 4.54. The van der Waals surface area contributed by atoms with E-state index in [-0.39, 0.29) is 19.1 Å². The molecule has 0 heterocycles. The van der Waals surface area contributed by atoms with E-state index in [2.05, 4.69) is 43.5 Å². The van der Waals surface area contributed by atoms with Gasteiger partial charge in [-0.1, -0.05) is 262 Å². The largest absolute Gasteiger partial charge is 0.756 e. The number of likely N-dealkylation sites (N-methyl/N-ethyl adjacent to an activating group) is 1. The molecule has 3 unspecified atom stereocenters. The van der Waals surface area contributed by atoms with Crippen LogP contribution < -0.4 is 10.2 Å². The molecule has 2 N–H and O–H groups in total. The van der Waals surface area contributed by atoms with Crippen LogP contribution in [0.15, 0.2) is 36.5 Å². The van der Waals surface area contributed by atoms with Crippen LogP contribution in [0.4, 0.5) is 0 Å². The van der Waals surface area contributed by atoms with Crippen LogP contribution in [0.25, 0.3) is 0 Å². The zero-order valence-corrected chi connectivity index (χ0v) is 46.7. The Hall–Kier alpha value is -1.28. The van der Waals surface area contributed by atoms with E-state index in [9.17, 15) is 19.4 Å². The van der Waals surface area contributed by atoms with Gasteiger partial charge in [0.1, 0.15) is 13.2 Å². The minimum Gasteiger partial charge on any atom is -0.756 e. The number of nitrogens with one attached hydrogen (secondary N) is 1. The first-order valence-corrected chi connectivity index (χ1v) is 30.8. The second-order valence-electron chi connectivity index (χ2n) is 21.4. The molecular weight excluding hydrogens is 864 g/mol. The fourth-order valence-electron chi connectivity index (χ4n) is 8.72. The Balaban J connectivity index is 3.63. The number of phosphoric acid groups is 1. The fourth-order valence-corrected chi connectivity index (χ4v) is 9.44. The van der Waals surface area contributed by atoms with Crippen LogP contribution in [0.3, 0.4) is 0 Å². The third kappa shape index (κ3) is 52.5. The molecule has 68 heavy (non-hydrogen) atoms. The lowest BCUT2D eigenvalue weighted by Gasteiger charge is -2.29. The van der Waals surface area contributed by atoms with Crippen molar-refractivity contribution in [2.24, 2.45) is 0 Å². The van der Waals surface area contributed by atoms with E-state index < -0.39 is 20.0 Å². The molecule has 0 spiro atoms. The number of allylic oxidation sites excluding steroid dienone is 5. The molecule has 402 valence electrons. The van der Waals surface area contributed by atoms with E-state index in [0.29, 0.717) is 17.4 Å². The molecule has 0 aromatic rings. The molecule has 0 fully saturated rings. The highest BCUT2D eigenvalue weighted by atomic mass is 31.2. The van der Waals surface area contributed by atoms with E-state index in [1.807, 2.05) is 27.2 Å². The maximum absolute atomic E-state index is 12.8. The average molecular weight is 980 g/mol. The summed E-state index contributed by atoms with van der Waals surface area (Å²) in [7, 11) is 1.26. The summed E-state index contributed by atoms with van der Waals surface area (Å²) in [5.41, 5.74) is 0. The predicted molar refractivity (Wildman–Crippen MR) is 293 cm³/mol. The third-order valence-electron chi connectivity index (χ3n) is 13.3. The first kappa shape index (κ1) is 66.7. The number of rotatable bonds is 54. The number of aliphatic hydroxyl groups is 1. The number of nitrogens with zero attached hydrogens (tertiary/aromatic N) is 1. The van der Waals surface area contributed by atoms with Gasteiger partial charge in [-0.25, -0.2) is 0 Å². The lowest BCUT2D eigenvalue weighted by Crippen LogP contribution is -2.45. The van der Waals surface area contributed by atoms with Gasteiger partial charge in [0, 0.05) is 6.42 Å². The molecule has 9 heteroatoms. The van der Waals surface area contributed by atoms with Crippen LogP contribution in [-0.4, -0.2) is 68.5 Å². The van der Waals surface area contributed by atoms with Gasteiger partial charge < -0.3 is 28.8 Å².